The van der Waals surface area contributed by atoms with Gasteiger partial charge in [0.05, 0.1) is 34.7 Å². The van der Waals surface area contributed by atoms with Crippen LogP contribution in [0, 0.1) is 11.6 Å². The van der Waals surface area contributed by atoms with Crippen LogP contribution in [-0.2, 0) is 20.9 Å². The number of nitrogens with zero attached hydrogens (tertiary/aromatic N) is 4. The Labute approximate surface area is 286 Å². The van der Waals surface area contributed by atoms with Crippen molar-refractivity contribution < 1.29 is 23.2 Å². The maximum absolute atomic E-state index is 16.4. The lowest BCUT2D eigenvalue weighted by molar-refractivity contribution is -0.122. The number of amides is 1. The third-order valence-electron chi connectivity index (χ3n) is 8.52. The molecule has 12 nitrogen and oxygen atoms in total. The maximum Gasteiger partial charge on any atom is 0.268 e. The van der Waals surface area contributed by atoms with Crippen molar-refractivity contribution in [2.45, 2.75) is 32.4 Å². The lowest BCUT2D eigenvalue weighted by atomic mass is 9.89. The highest BCUT2D eigenvalue weighted by atomic mass is 32.3. The van der Waals surface area contributed by atoms with Crippen LogP contribution in [-0.4, -0.2) is 55.3 Å². The van der Waals surface area contributed by atoms with Crippen LogP contribution in [0.4, 0.5) is 14.5 Å². The number of rotatable bonds is 10. The number of hydrogen-bond acceptors (Lipinski definition) is 10. The largest absolute Gasteiger partial charge is 0.348 e. The number of carbonyl (C=O) groups is 3. The van der Waals surface area contributed by atoms with Crippen LogP contribution in [0.3, 0.4) is 0 Å². The summed E-state index contributed by atoms with van der Waals surface area (Å²) in [7, 11) is -2.19. The number of aromatic amines is 1. The van der Waals surface area contributed by atoms with Gasteiger partial charge in [-0.05, 0) is 72.5 Å². The number of benzene rings is 1. The third kappa shape index (κ3) is 5.90. The van der Waals surface area contributed by atoms with E-state index in [2.05, 4.69) is 52.5 Å². The minimum Gasteiger partial charge on any atom is -0.348 e. The van der Waals surface area contributed by atoms with Crippen LogP contribution in [0.2, 0.25) is 0 Å². The quantitative estimate of drug-likeness (QED) is 0.0875. The lowest BCUT2D eigenvalue weighted by Crippen LogP contribution is -2.31. The molecule has 5 N–H and O–H groups in total. The Kier molecular flexibility index (Phi) is 8.45. The number of halogens is 2. The standard InChI is InChI=1S/C35H31F2N9O3S/c1-4-6-27(47)43-22-12-20(15-39-16-22)24-17-41-33-29(30(24)37)31(45-46-33)26-13-25(38-2)28-23(7-5-8-40-32(28)44-26)19-9-18(10-21(36)11-19)14-42-50(3)34(48)35(50)49/h5,7-13,15-17,25,40,42,44H,2,4,6,14H2,1,3H3,(H,43,47)(H,41,45,46). The topological polar surface area (TPSA) is 166 Å². The van der Waals surface area contributed by atoms with E-state index in [0.29, 0.717) is 63.6 Å². The van der Waals surface area contributed by atoms with Crippen LogP contribution in [0.25, 0.3) is 33.4 Å². The Morgan fingerprint density at radius 2 is 1.92 bits per heavy atom. The SMILES string of the molecule is C=NC1C=C(c2[nH]nc3ncc(-c4cncc(NC(=O)CCC)c4)c(F)c23)NC2=C1C(c1cc(F)cc(CNS3(C)C(=O)C3=O)c1)=CC=CN2. The summed E-state index contributed by atoms with van der Waals surface area (Å²) < 4.78 is 34.4. The van der Waals surface area contributed by atoms with Crippen LogP contribution < -0.4 is 20.7 Å². The zero-order valence-electron chi connectivity index (χ0n) is 26.9. The third-order valence-corrected chi connectivity index (χ3v) is 10.9. The monoisotopic (exact) mass is 695 g/mol. The molecule has 4 aromatic rings. The fraction of sp³-hybridized carbons (Fsp3) is 0.171. The number of aromatic nitrogens is 4. The van der Waals surface area contributed by atoms with Crippen LogP contribution in [0.1, 0.15) is 36.6 Å². The number of fused-ring (bicyclic) bond motifs is 1. The van der Waals surface area contributed by atoms with Crippen molar-refractivity contribution in [1.29, 1.82) is 0 Å². The lowest BCUT2D eigenvalue weighted by Gasteiger charge is -2.28. The van der Waals surface area contributed by atoms with Gasteiger partial charge in [-0.15, -0.1) is 0 Å². The molecule has 3 aromatic heterocycles. The highest BCUT2D eigenvalue weighted by Gasteiger charge is 2.56. The fourth-order valence-corrected chi connectivity index (χ4v) is 7.50. The van der Waals surface area contributed by atoms with Crippen molar-refractivity contribution in [3.05, 3.63) is 107 Å². The summed E-state index contributed by atoms with van der Waals surface area (Å²) in [5.74, 6) is -0.751. The average molecular weight is 696 g/mol. The maximum atomic E-state index is 16.4. The zero-order chi connectivity index (χ0) is 35.2. The first-order valence-corrected chi connectivity index (χ1v) is 17.7. The van der Waals surface area contributed by atoms with Gasteiger partial charge in [0.2, 0.25) is 5.91 Å². The molecule has 1 aromatic carbocycles. The van der Waals surface area contributed by atoms with Gasteiger partial charge in [-0.3, -0.25) is 34.2 Å². The molecule has 15 heteroatoms. The van der Waals surface area contributed by atoms with Gasteiger partial charge in [-0.2, -0.15) is 5.10 Å². The number of dihydropyridines is 1. The first kappa shape index (κ1) is 32.7. The molecule has 1 unspecified atom stereocenters. The van der Waals surface area contributed by atoms with E-state index in [-0.39, 0.29) is 29.0 Å². The van der Waals surface area contributed by atoms with E-state index in [4.69, 9.17) is 0 Å². The first-order valence-electron chi connectivity index (χ1n) is 15.6. The molecule has 0 bridgehead atoms. The molecule has 3 aliphatic rings. The van der Waals surface area contributed by atoms with E-state index in [9.17, 15) is 14.4 Å². The molecular weight excluding hydrogens is 665 g/mol. The van der Waals surface area contributed by atoms with Crippen LogP contribution >= 0.6 is 10.2 Å². The molecule has 1 saturated heterocycles. The summed E-state index contributed by atoms with van der Waals surface area (Å²) in [4.78, 5) is 48.7. The molecule has 3 aliphatic heterocycles. The Morgan fingerprint density at radius 1 is 1.10 bits per heavy atom. The minimum absolute atomic E-state index is 0.124. The fourth-order valence-electron chi connectivity index (χ4n) is 5.91. The summed E-state index contributed by atoms with van der Waals surface area (Å²) in [6.07, 6.45) is 14.0. The van der Waals surface area contributed by atoms with Crippen molar-refractivity contribution in [3.63, 3.8) is 0 Å². The summed E-state index contributed by atoms with van der Waals surface area (Å²) in [6, 6.07) is 5.50. The highest BCUT2D eigenvalue weighted by molar-refractivity contribution is 8.68. The van der Waals surface area contributed by atoms with E-state index in [1.807, 2.05) is 13.0 Å². The van der Waals surface area contributed by atoms with Crippen molar-refractivity contribution in [2.24, 2.45) is 4.99 Å². The van der Waals surface area contributed by atoms with Gasteiger partial charge >= 0.3 is 0 Å². The van der Waals surface area contributed by atoms with Gasteiger partial charge in [-0.25, -0.2) is 13.8 Å². The second-order valence-electron chi connectivity index (χ2n) is 11.9. The molecule has 0 radical (unpaired) electrons. The Hall–Kier alpha value is -5.80. The predicted molar refractivity (Wildman–Crippen MR) is 189 cm³/mol. The second-order valence-corrected chi connectivity index (χ2v) is 14.8. The van der Waals surface area contributed by atoms with Crippen molar-refractivity contribution in [1.82, 2.24) is 35.5 Å². The number of allylic oxidation sites excluding steroid dienone is 2. The van der Waals surface area contributed by atoms with E-state index in [0.717, 1.165) is 0 Å². The smallest absolute Gasteiger partial charge is 0.268 e. The van der Waals surface area contributed by atoms with E-state index in [1.54, 1.807) is 36.7 Å². The average Bonchev–Trinajstić information content (AvgIpc) is 3.38. The van der Waals surface area contributed by atoms with Gasteiger partial charge in [0.1, 0.15) is 17.5 Å². The zero-order valence-corrected chi connectivity index (χ0v) is 27.8. The number of anilines is 1. The van der Waals surface area contributed by atoms with E-state index >= 15 is 8.78 Å². The van der Waals surface area contributed by atoms with E-state index < -0.39 is 38.1 Å². The van der Waals surface area contributed by atoms with Crippen molar-refractivity contribution in [2.75, 3.05) is 11.6 Å². The molecule has 254 valence electrons. The molecule has 50 heavy (non-hydrogen) atoms. The van der Waals surface area contributed by atoms with Crippen molar-refractivity contribution in [3.8, 4) is 11.1 Å². The molecule has 1 fully saturated rings. The molecule has 0 aliphatic carbocycles. The van der Waals surface area contributed by atoms with Gasteiger partial charge in [-0.1, -0.05) is 23.2 Å². The molecule has 7 rings (SSSR count). The number of hydrogen-bond donors (Lipinski definition) is 5. The Balaban J connectivity index is 1.22. The summed E-state index contributed by atoms with van der Waals surface area (Å²) >= 11 is 0. The molecule has 1 amide bonds. The highest BCUT2D eigenvalue weighted by Crippen LogP contribution is 2.57. The first-order chi connectivity index (χ1) is 24.1. The number of H-pyrrole nitrogens is 1. The molecule has 6 heterocycles. The van der Waals surface area contributed by atoms with E-state index in [1.165, 1.54) is 30.7 Å². The van der Waals surface area contributed by atoms with Crippen LogP contribution in [0.5, 0.6) is 0 Å². The van der Waals surface area contributed by atoms with Gasteiger partial charge in [0, 0.05) is 48.3 Å². The Morgan fingerprint density at radius 3 is 2.68 bits per heavy atom. The van der Waals surface area contributed by atoms with Gasteiger partial charge < -0.3 is 16.0 Å². The number of nitrogens with one attached hydrogen (secondary N) is 5. The summed E-state index contributed by atoms with van der Waals surface area (Å²) in [6.45, 7) is 5.85. The minimum atomic E-state index is -2.19. The predicted octanol–water partition coefficient (Wildman–Crippen LogP) is 4.97. The summed E-state index contributed by atoms with van der Waals surface area (Å²) in [5, 5.41) is 15.7. The molecule has 0 spiro atoms. The Bertz CT molecular complexity index is 2240. The van der Waals surface area contributed by atoms with Gasteiger partial charge in [0.15, 0.2) is 5.65 Å². The van der Waals surface area contributed by atoms with Crippen LogP contribution in [0.15, 0.2) is 83.7 Å². The number of pyridine rings is 2. The summed E-state index contributed by atoms with van der Waals surface area (Å²) in [5.41, 5.74) is 4.31. The molecular formula is C35H31F2N9O3S. The molecule has 0 saturated carbocycles. The molecule has 1 atom stereocenters. The number of aliphatic imine (C=N–C) groups is 1. The number of carbonyl (C=O) groups excluding carboxylic acids is 3. The normalized spacial score (nSPS) is 18.4. The second kappa shape index (κ2) is 12.9. The van der Waals surface area contributed by atoms with Gasteiger partial charge in [0.25, 0.3) is 10.2 Å². The van der Waals surface area contributed by atoms with Crippen molar-refractivity contribution >= 4 is 61.1 Å².